The van der Waals surface area contributed by atoms with E-state index in [-0.39, 0.29) is 12.0 Å². The molecule has 2 N–H and O–H groups in total. The van der Waals surface area contributed by atoms with E-state index in [1.165, 1.54) is 13.8 Å². The number of benzene rings is 2. The number of nitrogens with one attached hydrogen (secondary N) is 1. The standard InChI is InChI=1S/C35H43N5O5/c1-21-31(38(7)20-37-21)27-17-36-29-9-8-22(15-25(27)29)24-14-23-10-11-39(32(41)35(5,6)43)18-28(23)26(16-24)30-19-44-13-12-40(30)33(42)45-34(2,3)4/h8-9,14-17,20,30,36,43H,10-13,18-19H2,1-7H3/t30-/m0/s1. The zero-order valence-electron chi connectivity index (χ0n) is 27.2. The molecule has 2 amide bonds. The zero-order chi connectivity index (χ0) is 32.3. The molecule has 2 aromatic heterocycles. The first-order valence-electron chi connectivity index (χ1n) is 15.6. The summed E-state index contributed by atoms with van der Waals surface area (Å²) in [5, 5.41) is 11.6. The maximum absolute atomic E-state index is 13.5. The fourth-order valence-corrected chi connectivity index (χ4v) is 6.55. The van der Waals surface area contributed by atoms with Crippen LogP contribution in [0.15, 0.2) is 42.9 Å². The number of ether oxygens (including phenoxy) is 2. The number of hydrogen-bond donors (Lipinski definition) is 2. The highest BCUT2D eigenvalue weighted by Gasteiger charge is 2.37. The van der Waals surface area contributed by atoms with Gasteiger partial charge in [0, 0.05) is 49.3 Å². The average molecular weight is 614 g/mol. The minimum absolute atomic E-state index is 0.315. The summed E-state index contributed by atoms with van der Waals surface area (Å²) in [6, 6.07) is 10.4. The van der Waals surface area contributed by atoms with Crippen LogP contribution in [0, 0.1) is 6.92 Å². The van der Waals surface area contributed by atoms with Gasteiger partial charge in [-0.1, -0.05) is 12.1 Å². The first-order valence-corrected chi connectivity index (χ1v) is 15.6. The maximum Gasteiger partial charge on any atom is 0.410 e. The number of nitrogens with zero attached hydrogens (tertiary/aromatic N) is 4. The molecule has 2 aliphatic heterocycles. The number of fused-ring (bicyclic) bond motifs is 2. The molecule has 1 fully saturated rings. The molecule has 0 spiro atoms. The Morgan fingerprint density at radius 3 is 2.56 bits per heavy atom. The van der Waals surface area contributed by atoms with Crippen molar-refractivity contribution in [2.75, 3.05) is 26.3 Å². The van der Waals surface area contributed by atoms with Gasteiger partial charge in [-0.15, -0.1) is 0 Å². The maximum atomic E-state index is 13.5. The Kier molecular flexibility index (Phi) is 7.77. The molecule has 238 valence electrons. The van der Waals surface area contributed by atoms with Gasteiger partial charge in [0.2, 0.25) is 0 Å². The average Bonchev–Trinajstić information content (AvgIpc) is 3.55. The topological polar surface area (TPSA) is 113 Å². The van der Waals surface area contributed by atoms with Crippen LogP contribution in [-0.4, -0.2) is 78.9 Å². The van der Waals surface area contributed by atoms with Crippen LogP contribution >= 0.6 is 0 Å². The molecule has 0 bridgehead atoms. The highest BCUT2D eigenvalue weighted by molar-refractivity contribution is 5.98. The third kappa shape index (κ3) is 5.96. The molecule has 2 aromatic carbocycles. The van der Waals surface area contributed by atoms with Crippen molar-refractivity contribution in [1.29, 1.82) is 0 Å². The van der Waals surface area contributed by atoms with Gasteiger partial charge in [-0.3, -0.25) is 9.69 Å². The van der Waals surface area contributed by atoms with Crippen LogP contribution in [0.3, 0.4) is 0 Å². The smallest absolute Gasteiger partial charge is 0.410 e. The van der Waals surface area contributed by atoms with E-state index in [1.807, 2.05) is 51.8 Å². The SMILES string of the molecule is Cc1ncn(C)c1-c1c[nH]c2ccc(-c3cc4c(c([C@@H]5COCCN5C(=O)OC(C)(C)C)c3)CN(C(=O)C(C)(C)O)CC4)cc12. The zero-order valence-corrected chi connectivity index (χ0v) is 27.2. The van der Waals surface area contributed by atoms with Crippen molar-refractivity contribution in [1.82, 2.24) is 24.3 Å². The predicted octanol–water partition coefficient (Wildman–Crippen LogP) is 5.51. The number of aliphatic hydroxyl groups is 1. The van der Waals surface area contributed by atoms with Gasteiger partial charge in [-0.2, -0.15) is 0 Å². The Morgan fingerprint density at radius 2 is 1.87 bits per heavy atom. The fourth-order valence-electron chi connectivity index (χ4n) is 6.55. The first kappa shape index (κ1) is 30.9. The molecule has 4 heterocycles. The van der Waals surface area contributed by atoms with Crippen molar-refractivity contribution >= 4 is 22.9 Å². The second kappa shape index (κ2) is 11.3. The monoisotopic (exact) mass is 613 g/mol. The fraction of sp³-hybridized carbons (Fsp3) is 0.457. The molecule has 10 nitrogen and oxygen atoms in total. The lowest BCUT2D eigenvalue weighted by molar-refractivity contribution is -0.148. The number of hydrogen-bond acceptors (Lipinski definition) is 6. The summed E-state index contributed by atoms with van der Waals surface area (Å²) in [7, 11) is 2.00. The summed E-state index contributed by atoms with van der Waals surface area (Å²) >= 11 is 0. The van der Waals surface area contributed by atoms with Crippen LogP contribution in [0.25, 0.3) is 33.3 Å². The van der Waals surface area contributed by atoms with Gasteiger partial charge in [0.15, 0.2) is 0 Å². The number of imidazole rings is 1. The minimum atomic E-state index is -1.48. The molecule has 1 saturated heterocycles. The number of aryl methyl sites for hydroxylation is 2. The summed E-state index contributed by atoms with van der Waals surface area (Å²) in [6.45, 7) is 12.6. The number of aromatic nitrogens is 3. The van der Waals surface area contributed by atoms with Gasteiger partial charge in [0.1, 0.15) is 11.2 Å². The van der Waals surface area contributed by atoms with Crippen molar-refractivity contribution in [2.45, 2.75) is 71.8 Å². The molecule has 0 saturated carbocycles. The molecule has 1 atom stereocenters. The predicted molar refractivity (Wildman–Crippen MR) is 173 cm³/mol. The highest BCUT2D eigenvalue weighted by atomic mass is 16.6. The van der Waals surface area contributed by atoms with Gasteiger partial charge in [-0.25, -0.2) is 9.78 Å². The lowest BCUT2D eigenvalue weighted by Gasteiger charge is -2.40. The van der Waals surface area contributed by atoms with Crippen LogP contribution in [0.5, 0.6) is 0 Å². The summed E-state index contributed by atoms with van der Waals surface area (Å²) in [6.07, 6.45) is 4.10. The molecule has 4 aromatic rings. The third-order valence-corrected chi connectivity index (χ3v) is 8.69. The Labute approximate surface area is 263 Å². The second-order valence-electron chi connectivity index (χ2n) is 13.8. The van der Waals surface area contributed by atoms with Crippen molar-refractivity contribution < 1.29 is 24.2 Å². The van der Waals surface area contributed by atoms with Crippen LogP contribution in [-0.2, 0) is 34.3 Å². The van der Waals surface area contributed by atoms with E-state index in [0.29, 0.717) is 39.3 Å². The van der Waals surface area contributed by atoms with Gasteiger partial charge in [-0.05, 0) is 94.0 Å². The van der Waals surface area contributed by atoms with E-state index in [2.05, 4.69) is 40.3 Å². The molecule has 0 unspecified atom stereocenters. The number of carbonyl (C=O) groups is 2. The molecule has 45 heavy (non-hydrogen) atoms. The van der Waals surface area contributed by atoms with E-state index in [9.17, 15) is 14.7 Å². The number of H-pyrrole nitrogens is 1. The van der Waals surface area contributed by atoms with Crippen molar-refractivity contribution in [3.8, 4) is 22.4 Å². The van der Waals surface area contributed by atoms with Crippen LogP contribution in [0.2, 0.25) is 0 Å². The summed E-state index contributed by atoms with van der Waals surface area (Å²) in [5.74, 6) is -0.317. The van der Waals surface area contributed by atoms with E-state index >= 15 is 0 Å². The van der Waals surface area contributed by atoms with Crippen LogP contribution in [0.4, 0.5) is 4.79 Å². The summed E-state index contributed by atoms with van der Waals surface area (Å²) < 4.78 is 13.8. The molecular formula is C35H43N5O5. The Bertz CT molecular complexity index is 1750. The molecule has 6 rings (SSSR count). The van der Waals surface area contributed by atoms with Crippen molar-refractivity contribution in [3.05, 3.63) is 65.2 Å². The lowest BCUT2D eigenvalue weighted by Crippen LogP contribution is -2.48. The van der Waals surface area contributed by atoms with E-state index < -0.39 is 17.2 Å². The quantitative estimate of drug-likeness (QED) is 0.314. The highest BCUT2D eigenvalue weighted by Crippen LogP contribution is 2.39. The van der Waals surface area contributed by atoms with Gasteiger partial charge in [0.25, 0.3) is 5.91 Å². The molecule has 0 radical (unpaired) electrons. The number of aromatic amines is 1. The third-order valence-electron chi connectivity index (χ3n) is 8.69. The molecule has 0 aliphatic carbocycles. The summed E-state index contributed by atoms with van der Waals surface area (Å²) in [5.41, 5.74) is 7.12. The van der Waals surface area contributed by atoms with Gasteiger partial charge >= 0.3 is 6.09 Å². The summed E-state index contributed by atoms with van der Waals surface area (Å²) in [4.78, 5) is 38.0. The Balaban J connectivity index is 1.48. The second-order valence-corrected chi connectivity index (χ2v) is 13.8. The van der Waals surface area contributed by atoms with Crippen LogP contribution < -0.4 is 0 Å². The number of morpholine rings is 1. The molecule has 10 heteroatoms. The molecular weight excluding hydrogens is 570 g/mol. The van der Waals surface area contributed by atoms with Gasteiger partial charge in [0.05, 0.1) is 37.0 Å². The lowest BCUT2D eigenvalue weighted by atomic mass is 9.86. The first-order chi connectivity index (χ1) is 21.2. The van der Waals surface area contributed by atoms with E-state index in [4.69, 9.17) is 9.47 Å². The number of rotatable bonds is 4. The van der Waals surface area contributed by atoms with Crippen molar-refractivity contribution in [2.24, 2.45) is 7.05 Å². The van der Waals surface area contributed by atoms with Crippen molar-refractivity contribution in [3.63, 3.8) is 0 Å². The minimum Gasteiger partial charge on any atom is -0.444 e. The normalized spacial score (nSPS) is 17.5. The van der Waals surface area contributed by atoms with E-state index in [0.717, 1.165) is 55.7 Å². The Morgan fingerprint density at radius 1 is 1.09 bits per heavy atom. The number of carbonyl (C=O) groups excluding carboxylic acids is 2. The van der Waals surface area contributed by atoms with Crippen LogP contribution in [0.1, 0.15) is 63.0 Å². The number of amides is 2. The van der Waals surface area contributed by atoms with Gasteiger partial charge < -0.3 is 29.0 Å². The Hall–Kier alpha value is -4.15. The van der Waals surface area contributed by atoms with E-state index in [1.54, 1.807) is 9.80 Å². The largest absolute Gasteiger partial charge is 0.444 e. The molecule has 2 aliphatic rings.